The number of para-hydroxylation sites is 1. The number of aromatic amines is 1. The molecular formula is C24H19N5O3. The molecule has 0 atom stereocenters. The van der Waals surface area contributed by atoms with Crippen LogP contribution in [0.2, 0.25) is 0 Å². The number of ether oxygens (including phenoxy) is 2. The number of carbonyl (C=O) groups is 1. The van der Waals surface area contributed by atoms with E-state index in [0.29, 0.717) is 17.4 Å². The fraction of sp³-hybridized carbons (Fsp3) is 0.0833. The molecule has 3 aromatic carbocycles. The van der Waals surface area contributed by atoms with Gasteiger partial charge in [0, 0.05) is 22.0 Å². The van der Waals surface area contributed by atoms with Crippen LogP contribution in [0.4, 0.5) is 11.5 Å². The average Bonchev–Trinajstić information content (AvgIpc) is 3.30. The summed E-state index contributed by atoms with van der Waals surface area (Å²) in [5.74, 6) is 1.32. The third kappa shape index (κ3) is 3.93. The zero-order chi connectivity index (χ0) is 21.9. The van der Waals surface area contributed by atoms with Gasteiger partial charge in [0.2, 0.25) is 0 Å². The Bertz CT molecular complexity index is 1430. The van der Waals surface area contributed by atoms with Gasteiger partial charge in [-0.2, -0.15) is 5.10 Å². The second-order valence-electron chi connectivity index (χ2n) is 7.10. The van der Waals surface area contributed by atoms with Crippen LogP contribution in [0.5, 0.6) is 5.75 Å². The summed E-state index contributed by atoms with van der Waals surface area (Å²) in [6, 6.07) is 21.1. The van der Waals surface area contributed by atoms with Gasteiger partial charge in [0.15, 0.2) is 12.4 Å². The second-order valence-corrected chi connectivity index (χ2v) is 7.10. The van der Waals surface area contributed by atoms with Crippen LogP contribution in [0.1, 0.15) is 0 Å². The highest BCUT2D eigenvalue weighted by Gasteiger charge is 2.11. The molecule has 0 unspecified atom stereocenters. The van der Waals surface area contributed by atoms with Crippen LogP contribution in [0.3, 0.4) is 0 Å². The van der Waals surface area contributed by atoms with Crippen LogP contribution in [0.25, 0.3) is 33.2 Å². The Balaban J connectivity index is 1.52. The molecule has 0 aliphatic heterocycles. The molecule has 0 aliphatic rings. The lowest BCUT2D eigenvalue weighted by Gasteiger charge is -2.12. The van der Waals surface area contributed by atoms with Crippen molar-refractivity contribution in [2.45, 2.75) is 0 Å². The van der Waals surface area contributed by atoms with Gasteiger partial charge < -0.3 is 14.8 Å². The third-order valence-corrected chi connectivity index (χ3v) is 4.98. The molecule has 2 N–H and O–H groups in total. The quantitative estimate of drug-likeness (QED) is 0.387. The molecule has 8 heteroatoms. The summed E-state index contributed by atoms with van der Waals surface area (Å²) >= 11 is 0. The highest BCUT2D eigenvalue weighted by atomic mass is 16.6. The summed E-state index contributed by atoms with van der Waals surface area (Å²) in [5.41, 5.74) is 3.44. The number of esters is 1. The van der Waals surface area contributed by atoms with Crippen LogP contribution in [0, 0.1) is 0 Å². The number of nitrogens with one attached hydrogen (secondary N) is 2. The number of hydrogen-bond acceptors (Lipinski definition) is 7. The Kier molecular flexibility index (Phi) is 5.09. The van der Waals surface area contributed by atoms with Crippen LogP contribution < -0.4 is 10.1 Å². The zero-order valence-electron chi connectivity index (χ0n) is 17.2. The monoisotopic (exact) mass is 425 g/mol. The lowest BCUT2D eigenvalue weighted by molar-refractivity contribution is -0.142. The number of fused-ring (bicyclic) bond motifs is 2. The predicted molar refractivity (Wildman–Crippen MR) is 122 cm³/mol. The molecule has 0 aliphatic carbocycles. The fourth-order valence-corrected chi connectivity index (χ4v) is 3.38. The number of H-pyrrole nitrogens is 1. The average molecular weight is 425 g/mol. The molecule has 158 valence electrons. The molecule has 5 rings (SSSR count). The first-order chi connectivity index (χ1) is 15.7. The van der Waals surface area contributed by atoms with Gasteiger partial charge in [-0.15, -0.1) is 0 Å². The maximum atomic E-state index is 11.4. The normalized spacial score (nSPS) is 10.9. The topological polar surface area (TPSA) is 102 Å². The van der Waals surface area contributed by atoms with Crippen molar-refractivity contribution in [2.24, 2.45) is 0 Å². The first kappa shape index (κ1) is 19.5. The number of nitrogens with zero attached hydrogens (tertiary/aromatic N) is 3. The zero-order valence-corrected chi connectivity index (χ0v) is 17.2. The van der Waals surface area contributed by atoms with Crippen molar-refractivity contribution in [1.29, 1.82) is 0 Å². The second kappa shape index (κ2) is 8.35. The molecule has 2 aromatic heterocycles. The SMILES string of the molecule is COC(=O)COc1cccc(-c2nc(Nc3ccc4[nH]ncc4c3)c3ccccc3n2)c1. The van der Waals surface area contributed by atoms with Gasteiger partial charge >= 0.3 is 5.97 Å². The van der Waals surface area contributed by atoms with E-state index in [1.807, 2.05) is 54.6 Å². The largest absolute Gasteiger partial charge is 0.482 e. The molecule has 0 amide bonds. The Morgan fingerprint density at radius 2 is 1.94 bits per heavy atom. The first-order valence-electron chi connectivity index (χ1n) is 9.96. The van der Waals surface area contributed by atoms with Crippen molar-refractivity contribution in [1.82, 2.24) is 20.2 Å². The molecule has 32 heavy (non-hydrogen) atoms. The van der Waals surface area contributed by atoms with E-state index in [4.69, 9.17) is 14.7 Å². The highest BCUT2D eigenvalue weighted by Crippen LogP contribution is 2.29. The highest BCUT2D eigenvalue weighted by molar-refractivity contribution is 5.93. The number of carbonyl (C=O) groups excluding carboxylic acids is 1. The molecule has 0 saturated carbocycles. The van der Waals surface area contributed by atoms with Crippen molar-refractivity contribution >= 4 is 39.3 Å². The van der Waals surface area contributed by atoms with Crippen LogP contribution in [-0.2, 0) is 9.53 Å². The Morgan fingerprint density at radius 1 is 1.03 bits per heavy atom. The summed E-state index contributed by atoms with van der Waals surface area (Å²) in [4.78, 5) is 20.9. The summed E-state index contributed by atoms with van der Waals surface area (Å²) in [5, 5.41) is 12.4. The standard InChI is InChI=1S/C24H19N5O3/c1-31-22(30)14-32-18-6-4-5-15(12-18)23-27-21-8-3-2-7-19(21)24(28-23)26-17-9-10-20-16(11-17)13-25-29-20/h2-13H,14H2,1H3,(H,25,29)(H,26,27,28). The maximum Gasteiger partial charge on any atom is 0.343 e. The van der Waals surface area contributed by atoms with Gasteiger partial charge in [0.25, 0.3) is 0 Å². The van der Waals surface area contributed by atoms with E-state index in [1.54, 1.807) is 18.3 Å². The summed E-state index contributed by atoms with van der Waals surface area (Å²) < 4.78 is 10.1. The van der Waals surface area contributed by atoms with Gasteiger partial charge in [-0.05, 0) is 42.5 Å². The molecule has 0 bridgehead atoms. The Hall–Kier alpha value is -4.46. The minimum atomic E-state index is -0.446. The van der Waals surface area contributed by atoms with E-state index < -0.39 is 5.97 Å². The van der Waals surface area contributed by atoms with E-state index in [2.05, 4.69) is 20.3 Å². The fourth-order valence-electron chi connectivity index (χ4n) is 3.38. The van der Waals surface area contributed by atoms with E-state index in [-0.39, 0.29) is 6.61 Å². The maximum absolute atomic E-state index is 11.4. The van der Waals surface area contributed by atoms with E-state index >= 15 is 0 Å². The van der Waals surface area contributed by atoms with Gasteiger partial charge in [0.1, 0.15) is 11.6 Å². The molecule has 5 aromatic rings. The number of methoxy groups -OCH3 is 1. The lowest BCUT2D eigenvalue weighted by atomic mass is 10.1. The van der Waals surface area contributed by atoms with E-state index in [9.17, 15) is 4.79 Å². The molecule has 0 saturated heterocycles. The molecule has 0 radical (unpaired) electrons. The van der Waals surface area contributed by atoms with Gasteiger partial charge in [-0.25, -0.2) is 14.8 Å². The molecule has 0 spiro atoms. The van der Waals surface area contributed by atoms with Crippen molar-refractivity contribution < 1.29 is 14.3 Å². The first-order valence-corrected chi connectivity index (χ1v) is 9.96. The summed E-state index contributed by atoms with van der Waals surface area (Å²) in [7, 11) is 1.32. The molecule has 0 fully saturated rings. The minimum Gasteiger partial charge on any atom is -0.482 e. The van der Waals surface area contributed by atoms with E-state index in [0.717, 1.165) is 33.1 Å². The number of rotatable bonds is 6. The number of anilines is 2. The third-order valence-electron chi connectivity index (χ3n) is 4.98. The predicted octanol–water partition coefficient (Wildman–Crippen LogP) is 4.47. The van der Waals surface area contributed by atoms with Crippen molar-refractivity contribution in [3.05, 3.63) is 72.9 Å². The van der Waals surface area contributed by atoms with Crippen LogP contribution in [0.15, 0.2) is 72.9 Å². The van der Waals surface area contributed by atoms with Crippen LogP contribution >= 0.6 is 0 Å². The van der Waals surface area contributed by atoms with Gasteiger partial charge in [0.05, 0.1) is 24.3 Å². The Morgan fingerprint density at radius 3 is 2.84 bits per heavy atom. The number of benzene rings is 3. The number of hydrogen-bond donors (Lipinski definition) is 2. The van der Waals surface area contributed by atoms with Crippen LogP contribution in [-0.4, -0.2) is 39.9 Å². The Labute approximate surface area is 183 Å². The molecule has 2 heterocycles. The number of aromatic nitrogens is 4. The van der Waals surface area contributed by atoms with Gasteiger partial charge in [-0.3, -0.25) is 5.10 Å². The molecular weight excluding hydrogens is 406 g/mol. The van der Waals surface area contributed by atoms with Crippen molar-refractivity contribution in [3.8, 4) is 17.1 Å². The van der Waals surface area contributed by atoms with Crippen molar-refractivity contribution in [2.75, 3.05) is 19.0 Å². The lowest BCUT2D eigenvalue weighted by Crippen LogP contribution is -2.12. The van der Waals surface area contributed by atoms with E-state index in [1.165, 1.54) is 7.11 Å². The minimum absolute atomic E-state index is 0.165. The summed E-state index contributed by atoms with van der Waals surface area (Å²) in [6.07, 6.45) is 1.78. The summed E-state index contributed by atoms with van der Waals surface area (Å²) in [6.45, 7) is -0.165. The molecule has 8 nitrogen and oxygen atoms in total. The van der Waals surface area contributed by atoms with Crippen molar-refractivity contribution in [3.63, 3.8) is 0 Å². The van der Waals surface area contributed by atoms with Gasteiger partial charge in [-0.1, -0.05) is 24.3 Å². The smallest absolute Gasteiger partial charge is 0.343 e.